The number of hydrazone groups is 1. The maximum absolute atomic E-state index is 7.66. The fourth-order valence-corrected chi connectivity index (χ4v) is 1.27. The van der Waals surface area contributed by atoms with E-state index in [0.717, 1.165) is 16.9 Å². The van der Waals surface area contributed by atoms with Crippen LogP contribution in [0.1, 0.15) is 11.1 Å². The molecule has 0 fully saturated rings. The average Bonchev–Trinajstić information content (AvgIpc) is 2.18. The van der Waals surface area contributed by atoms with E-state index in [-0.39, 0.29) is 5.71 Å². The number of hydrogen-bond donors (Lipinski definition) is 2. The van der Waals surface area contributed by atoms with Gasteiger partial charge >= 0.3 is 0 Å². The van der Waals surface area contributed by atoms with Crippen LogP contribution in [0.15, 0.2) is 23.3 Å². The van der Waals surface area contributed by atoms with E-state index in [9.17, 15) is 0 Å². The van der Waals surface area contributed by atoms with Crippen molar-refractivity contribution in [1.82, 2.24) is 0 Å². The van der Waals surface area contributed by atoms with E-state index in [2.05, 4.69) is 5.10 Å². The third-order valence-electron chi connectivity index (χ3n) is 2.00. The summed E-state index contributed by atoms with van der Waals surface area (Å²) in [6.45, 7) is 1.90. The van der Waals surface area contributed by atoms with Crippen LogP contribution in [0.25, 0.3) is 0 Å². The van der Waals surface area contributed by atoms with Crippen LogP contribution in [-0.2, 0) is 0 Å². The summed E-state index contributed by atoms with van der Waals surface area (Å²) in [4.78, 5) is 0. The van der Waals surface area contributed by atoms with Crippen LogP contribution in [-0.4, -0.2) is 19.0 Å². The molecule has 0 aliphatic heterocycles. The molecule has 14 heavy (non-hydrogen) atoms. The normalized spacial score (nSPS) is 10.4. The molecule has 0 aromatic heterocycles. The predicted molar refractivity (Wildman–Crippen MR) is 57.2 cm³/mol. The number of methoxy groups -OCH3 is 1. The third kappa shape index (κ3) is 1.90. The zero-order chi connectivity index (χ0) is 10.6. The molecule has 0 radical (unpaired) electrons. The molecule has 0 heterocycles. The second-order valence-electron chi connectivity index (χ2n) is 2.82. The van der Waals surface area contributed by atoms with Crippen LogP contribution in [0.4, 0.5) is 0 Å². The van der Waals surface area contributed by atoms with Gasteiger partial charge in [-0.05, 0) is 13.0 Å². The number of benzene rings is 1. The van der Waals surface area contributed by atoms with E-state index >= 15 is 0 Å². The Kier molecular flexibility index (Phi) is 3.23. The van der Waals surface area contributed by atoms with Gasteiger partial charge < -0.3 is 10.6 Å². The largest absolute Gasteiger partial charge is 0.496 e. The lowest BCUT2D eigenvalue weighted by Gasteiger charge is -2.08. The molecule has 74 valence electrons. The quantitative estimate of drug-likeness (QED) is 0.429. The van der Waals surface area contributed by atoms with Gasteiger partial charge in [-0.2, -0.15) is 5.10 Å². The highest BCUT2D eigenvalue weighted by Gasteiger charge is 2.06. The van der Waals surface area contributed by atoms with Gasteiger partial charge in [-0.1, -0.05) is 12.1 Å². The zero-order valence-corrected chi connectivity index (χ0v) is 8.24. The minimum Gasteiger partial charge on any atom is -0.496 e. The van der Waals surface area contributed by atoms with E-state index in [1.54, 1.807) is 7.11 Å². The van der Waals surface area contributed by atoms with Gasteiger partial charge in [0.2, 0.25) is 0 Å². The third-order valence-corrected chi connectivity index (χ3v) is 2.00. The van der Waals surface area contributed by atoms with Crippen molar-refractivity contribution < 1.29 is 4.74 Å². The predicted octanol–water partition coefficient (Wildman–Crippen LogP) is 1.32. The first kappa shape index (κ1) is 10.2. The molecule has 1 aromatic carbocycles. The number of nitrogens with zero attached hydrogens (tertiary/aromatic N) is 1. The van der Waals surface area contributed by atoms with Gasteiger partial charge in [0.05, 0.1) is 19.0 Å². The number of nitrogens with one attached hydrogen (secondary N) is 1. The van der Waals surface area contributed by atoms with E-state index in [1.807, 2.05) is 25.1 Å². The summed E-state index contributed by atoms with van der Waals surface area (Å²) < 4.78 is 5.14. The smallest absolute Gasteiger partial charge is 0.122 e. The number of nitrogens with two attached hydrogens (primary N) is 1. The Bertz CT molecular complexity index is 372. The van der Waals surface area contributed by atoms with Crippen LogP contribution in [0.5, 0.6) is 5.75 Å². The lowest BCUT2D eigenvalue weighted by atomic mass is 10.0. The van der Waals surface area contributed by atoms with Crippen molar-refractivity contribution in [2.75, 3.05) is 7.11 Å². The Morgan fingerprint density at radius 3 is 2.86 bits per heavy atom. The van der Waals surface area contributed by atoms with Crippen LogP contribution < -0.4 is 10.6 Å². The van der Waals surface area contributed by atoms with Gasteiger partial charge in [-0.3, -0.25) is 5.41 Å². The molecule has 0 unspecified atom stereocenters. The molecule has 0 spiro atoms. The maximum atomic E-state index is 7.66. The second kappa shape index (κ2) is 4.41. The summed E-state index contributed by atoms with van der Waals surface area (Å²) in [6, 6.07) is 5.52. The van der Waals surface area contributed by atoms with Crippen molar-refractivity contribution in [3.8, 4) is 5.75 Å². The summed E-state index contributed by atoms with van der Waals surface area (Å²) in [7, 11) is 1.60. The lowest BCUT2D eigenvalue weighted by Crippen LogP contribution is -2.05. The van der Waals surface area contributed by atoms with Gasteiger partial charge in [-0.15, -0.1) is 0 Å². The van der Waals surface area contributed by atoms with E-state index < -0.39 is 0 Å². The molecule has 0 atom stereocenters. The Morgan fingerprint density at radius 2 is 2.29 bits per heavy atom. The van der Waals surface area contributed by atoms with Crippen molar-refractivity contribution in [3.05, 3.63) is 29.3 Å². The fraction of sp³-hybridized carbons (Fsp3) is 0.200. The summed E-state index contributed by atoms with van der Waals surface area (Å²) in [5.41, 5.74) is 1.97. The molecule has 1 aromatic rings. The average molecular weight is 191 g/mol. The molecular weight excluding hydrogens is 178 g/mol. The van der Waals surface area contributed by atoms with Crippen LogP contribution in [0.2, 0.25) is 0 Å². The monoisotopic (exact) mass is 191 g/mol. The van der Waals surface area contributed by atoms with Crippen molar-refractivity contribution >= 4 is 11.9 Å². The minimum atomic E-state index is 0.281. The van der Waals surface area contributed by atoms with Crippen molar-refractivity contribution in [3.63, 3.8) is 0 Å². The Balaban J connectivity index is 3.15. The van der Waals surface area contributed by atoms with Crippen molar-refractivity contribution in [2.24, 2.45) is 10.9 Å². The Morgan fingerprint density at radius 1 is 1.57 bits per heavy atom. The maximum Gasteiger partial charge on any atom is 0.122 e. The number of rotatable bonds is 3. The molecule has 0 aliphatic rings. The highest BCUT2D eigenvalue weighted by Crippen LogP contribution is 2.20. The first-order valence-corrected chi connectivity index (χ1v) is 4.16. The fourth-order valence-electron chi connectivity index (χ4n) is 1.27. The van der Waals surface area contributed by atoms with Gasteiger partial charge in [0.1, 0.15) is 5.75 Å². The molecule has 3 N–H and O–H groups in total. The lowest BCUT2D eigenvalue weighted by molar-refractivity contribution is 0.411. The van der Waals surface area contributed by atoms with Crippen molar-refractivity contribution in [1.29, 1.82) is 5.41 Å². The van der Waals surface area contributed by atoms with Gasteiger partial charge in [0.15, 0.2) is 0 Å². The molecule has 0 aliphatic carbocycles. The standard InChI is InChI=1S/C10H13N3O/c1-7-8(9(11)6-13-12)4-3-5-10(7)14-2/h3-6,11H,12H2,1-2H3/b11-9?,13-6-. The Labute approximate surface area is 82.9 Å². The molecule has 4 heteroatoms. The number of ether oxygens (including phenoxy) is 1. The zero-order valence-electron chi connectivity index (χ0n) is 8.24. The second-order valence-corrected chi connectivity index (χ2v) is 2.82. The van der Waals surface area contributed by atoms with E-state index in [4.69, 9.17) is 16.0 Å². The summed E-state index contributed by atoms with van der Waals surface area (Å²) >= 11 is 0. The first-order valence-electron chi connectivity index (χ1n) is 4.16. The summed E-state index contributed by atoms with van der Waals surface area (Å²) in [6.07, 6.45) is 1.31. The first-order chi connectivity index (χ1) is 6.70. The van der Waals surface area contributed by atoms with Crippen molar-refractivity contribution in [2.45, 2.75) is 6.92 Å². The molecular formula is C10H13N3O. The van der Waals surface area contributed by atoms with Crippen LogP contribution in [0.3, 0.4) is 0 Å². The van der Waals surface area contributed by atoms with E-state index in [1.165, 1.54) is 6.21 Å². The molecule has 0 bridgehead atoms. The van der Waals surface area contributed by atoms with E-state index in [0.29, 0.717) is 0 Å². The van der Waals surface area contributed by atoms with Gasteiger partial charge in [0, 0.05) is 11.1 Å². The highest BCUT2D eigenvalue weighted by molar-refractivity contribution is 6.37. The molecule has 0 amide bonds. The number of hydrogen-bond acceptors (Lipinski definition) is 4. The van der Waals surface area contributed by atoms with Crippen LogP contribution in [0, 0.1) is 12.3 Å². The minimum absolute atomic E-state index is 0.281. The Hall–Kier alpha value is -1.84. The topological polar surface area (TPSA) is 71.5 Å². The van der Waals surface area contributed by atoms with Gasteiger partial charge in [0.25, 0.3) is 0 Å². The SMILES string of the molecule is COc1cccc(C(=N)/C=N\N)c1C. The molecule has 0 saturated heterocycles. The summed E-state index contributed by atoms with van der Waals surface area (Å²) in [5.74, 6) is 5.75. The highest BCUT2D eigenvalue weighted by atomic mass is 16.5. The molecule has 1 rings (SSSR count). The molecule has 4 nitrogen and oxygen atoms in total. The van der Waals surface area contributed by atoms with Crippen LogP contribution >= 0.6 is 0 Å². The van der Waals surface area contributed by atoms with Gasteiger partial charge in [-0.25, -0.2) is 0 Å². The molecule has 0 saturated carbocycles. The summed E-state index contributed by atoms with van der Waals surface area (Å²) in [5, 5.41) is 11.0.